The number of carbonyl (C=O) groups excluding carboxylic acids is 3. The molecule has 2 atom stereocenters. The molecular formula is C32H37F6N3O3. The second-order valence-electron chi connectivity index (χ2n) is 11.7. The standard InChI is InChI=1S/C32H37F6N3O3/c1-4-22-7-5-6-8-26(22)28-19-41(29(43)23-9-12-40(13-10-23)20(2)42)14-11-27(28)30(44)39(3)18-21-15-24(31(33,34)35)17-25(16-21)32(36,37)38/h5-8,15-17,23,27-28H,4,9-14,18-19H2,1-3H3/t27-,28+/m0/s1. The molecule has 6 nitrogen and oxygen atoms in total. The monoisotopic (exact) mass is 625 g/mol. The van der Waals surface area contributed by atoms with Gasteiger partial charge >= 0.3 is 12.4 Å². The summed E-state index contributed by atoms with van der Waals surface area (Å²) in [6.07, 6.45) is -7.92. The predicted octanol–water partition coefficient (Wildman–Crippen LogP) is 6.14. The number of hydrogen-bond donors (Lipinski definition) is 0. The molecule has 2 aromatic rings. The number of alkyl halides is 6. The van der Waals surface area contributed by atoms with Crippen LogP contribution in [0.25, 0.3) is 0 Å². The molecule has 0 aliphatic carbocycles. The smallest absolute Gasteiger partial charge is 0.343 e. The Morgan fingerprint density at radius 1 is 0.864 bits per heavy atom. The highest BCUT2D eigenvalue weighted by Gasteiger charge is 2.41. The van der Waals surface area contributed by atoms with Crippen LogP contribution in [0.1, 0.15) is 66.8 Å². The van der Waals surface area contributed by atoms with Crippen LogP contribution in [0.3, 0.4) is 0 Å². The fourth-order valence-corrected chi connectivity index (χ4v) is 6.43. The van der Waals surface area contributed by atoms with Gasteiger partial charge in [0.15, 0.2) is 0 Å². The van der Waals surface area contributed by atoms with E-state index >= 15 is 0 Å². The fourth-order valence-electron chi connectivity index (χ4n) is 6.43. The minimum absolute atomic E-state index is 0.0321. The van der Waals surface area contributed by atoms with Crippen molar-refractivity contribution >= 4 is 17.7 Å². The van der Waals surface area contributed by atoms with Gasteiger partial charge in [0.2, 0.25) is 17.7 Å². The number of carbonyl (C=O) groups is 3. The van der Waals surface area contributed by atoms with Crippen molar-refractivity contribution < 1.29 is 40.7 Å². The van der Waals surface area contributed by atoms with E-state index in [1.54, 1.807) is 9.80 Å². The first-order chi connectivity index (χ1) is 20.6. The molecule has 2 aliphatic rings. The first-order valence-corrected chi connectivity index (χ1v) is 14.8. The Balaban J connectivity index is 1.58. The largest absolute Gasteiger partial charge is 0.416 e. The van der Waals surface area contributed by atoms with Crippen LogP contribution in [0.2, 0.25) is 0 Å². The van der Waals surface area contributed by atoms with Crippen molar-refractivity contribution in [2.24, 2.45) is 11.8 Å². The van der Waals surface area contributed by atoms with Crippen LogP contribution < -0.4 is 0 Å². The molecule has 0 aromatic heterocycles. The third kappa shape index (κ3) is 7.55. The van der Waals surface area contributed by atoms with Crippen molar-refractivity contribution in [3.8, 4) is 0 Å². The van der Waals surface area contributed by atoms with Gasteiger partial charge in [0, 0.05) is 64.4 Å². The van der Waals surface area contributed by atoms with E-state index in [2.05, 4.69) is 0 Å². The minimum Gasteiger partial charge on any atom is -0.343 e. The topological polar surface area (TPSA) is 60.9 Å². The molecule has 0 N–H and O–H groups in total. The van der Waals surface area contributed by atoms with Crippen molar-refractivity contribution in [2.75, 3.05) is 33.2 Å². The van der Waals surface area contributed by atoms with Crippen LogP contribution in [0.5, 0.6) is 0 Å². The zero-order chi connectivity index (χ0) is 32.4. The molecule has 2 aromatic carbocycles. The number of nitrogens with zero attached hydrogens (tertiary/aromatic N) is 3. The van der Waals surface area contributed by atoms with Crippen molar-refractivity contribution in [3.05, 3.63) is 70.3 Å². The lowest BCUT2D eigenvalue weighted by Gasteiger charge is -2.42. The molecule has 2 aliphatic heterocycles. The number of benzene rings is 2. The summed E-state index contributed by atoms with van der Waals surface area (Å²) in [6, 6.07) is 8.93. The molecule has 0 radical (unpaired) electrons. The first kappa shape index (κ1) is 33.3. The van der Waals surface area contributed by atoms with Gasteiger partial charge in [-0.1, -0.05) is 31.2 Å². The van der Waals surface area contributed by atoms with Crippen molar-refractivity contribution in [2.45, 2.75) is 64.3 Å². The van der Waals surface area contributed by atoms with E-state index in [4.69, 9.17) is 0 Å². The summed E-state index contributed by atoms with van der Waals surface area (Å²) < 4.78 is 80.6. The van der Waals surface area contributed by atoms with E-state index in [0.717, 1.165) is 11.1 Å². The van der Waals surface area contributed by atoms with Crippen molar-refractivity contribution in [3.63, 3.8) is 0 Å². The summed E-state index contributed by atoms with van der Waals surface area (Å²) in [5, 5.41) is 0. The van der Waals surface area contributed by atoms with E-state index < -0.39 is 47.8 Å². The van der Waals surface area contributed by atoms with Gasteiger partial charge in [0.1, 0.15) is 0 Å². The average molecular weight is 626 g/mol. The van der Waals surface area contributed by atoms with Gasteiger partial charge in [0.05, 0.1) is 11.1 Å². The highest BCUT2D eigenvalue weighted by Crippen LogP contribution is 2.39. The van der Waals surface area contributed by atoms with Gasteiger partial charge in [0.25, 0.3) is 0 Å². The Morgan fingerprint density at radius 2 is 1.43 bits per heavy atom. The normalized spacial score (nSPS) is 20.0. The van der Waals surface area contributed by atoms with E-state index in [1.807, 2.05) is 31.2 Å². The molecule has 2 saturated heterocycles. The Kier molecular flexibility index (Phi) is 9.99. The van der Waals surface area contributed by atoms with Crippen LogP contribution in [0.4, 0.5) is 26.3 Å². The Morgan fingerprint density at radius 3 is 1.98 bits per heavy atom. The van der Waals surface area contributed by atoms with E-state index in [-0.39, 0.29) is 35.9 Å². The third-order valence-electron chi connectivity index (χ3n) is 8.81. The second-order valence-corrected chi connectivity index (χ2v) is 11.7. The molecule has 12 heteroatoms. The van der Waals surface area contributed by atoms with Crippen molar-refractivity contribution in [1.29, 1.82) is 0 Å². The van der Waals surface area contributed by atoms with Gasteiger partial charge in [-0.2, -0.15) is 26.3 Å². The summed E-state index contributed by atoms with van der Waals surface area (Å²) in [7, 11) is 1.37. The lowest BCUT2D eigenvalue weighted by atomic mass is 9.77. The second kappa shape index (κ2) is 13.2. The summed E-state index contributed by atoms with van der Waals surface area (Å²) >= 11 is 0. The Bertz CT molecular complexity index is 1340. The van der Waals surface area contributed by atoms with E-state index in [1.165, 1.54) is 18.9 Å². The summed E-state index contributed by atoms with van der Waals surface area (Å²) in [6.45, 7) is 4.58. The van der Waals surface area contributed by atoms with Crippen LogP contribution in [0, 0.1) is 11.8 Å². The maximum atomic E-state index is 13.9. The molecule has 240 valence electrons. The number of hydrogen-bond acceptors (Lipinski definition) is 3. The molecule has 0 bridgehead atoms. The van der Waals surface area contributed by atoms with Gasteiger partial charge in [-0.15, -0.1) is 0 Å². The molecule has 3 amide bonds. The third-order valence-corrected chi connectivity index (χ3v) is 8.81. The molecule has 44 heavy (non-hydrogen) atoms. The molecule has 0 saturated carbocycles. The van der Waals surface area contributed by atoms with Gasteiger partial charge in [-0.05, 0) is 60.6 Å². The van der Waals surface area contributed by atoms with Crippen LogP contribution >= 0.6 is 0 Å². The number of amides is 3. The van der Waals surface area contributed by atoms with Crippen LogP contribution in [-0.2, 0) is 39.7 Å². The molecule has 2 heterocycles. The molecule has 2 fully saturated rings. The summed E-state index contributed by atoms with van der Waals surface area (Å²) in [4.78, 5) is 43.8. The van der Waals surface area contributed by atoms with E-state index in [9.17, 15) is 40.7 Å². The lowest BCUT2D eigenvalue weighted by molar-refractivity contribution is -0.145. The fraction of sp³-hybridized carbons (Fsp3) is 0.531. The quantitative estimate of drug-likeness (QED) is 0.363. The molecular weight excluding hydrogens is 588 g/mol. The number of aryl methyl sites for hydroxylation is 1. The average Bonchev–Trinajstić information content (AvgIpc) is 2.99. The Labute approximate surface area is 253 Å². The maximum Gasteiger partial charge on any atom is 0.416 e. The zero-order valence-electron chi connectivity index (χ0n) is 25.0. The number of piperidine rings is 2. The zero-order valence-corrected chi connectivity index (χ0v) is 25.0. The molecule has 0 spiro atoms. The van der Waals surface area contributed by atoms with Crippen LogP contribution in [-0.4, -0.2) is 65.6 Å². The number of halogens is 6. The number of rotatable bonds is 6. The predicted molar refractivity (Wildman–Crippen MR) is 151 cm³/mol. The number of likely N-dealkylation sites (tertiary alicyclic amines) is 2. The van der Waals surface area contributed by atoms with Gasteiger partial charge in [-0.25, -0.2) is 0 Å². The molecule has 0 unspecified atom stereocenters. The summed E-state index contributed by atoms with van der Waals surface area (Å²) in [5.41, 5.74) is -1.26. The molecule has 4 rings (SSSR count). The van der Waals surface area contributed by atoms with Crippen molar-refractivity contribution in [1.82, 2.24) is 14.7 Å². The Hall–Kier alpha value is -3.57. The minimum atomic E-state index is -4.99. The van der Waals surface area contributed by atoms with Crippen LogP contribution in [0.15, 0.2) is 42.5 Å². The highest BCUT2D eigenvalue weighted by molar-refractivity contribution is 5.82. The first-order valence-electron chi connectivity index (χ1n) is 14.8. The lowest BCUT2D eigenvalue weighted by Crippen LogP contribution is -2.50. The van der Waals surface area contributed by atoms with E-state index in [0.29, 0.717) is 57.5 Å². The van der Waals surface area contributed by atoms with Gasteiger partial charge < -0.3 is 14.7 Å². The highest BCUT2D eigenvalue weighted by atomic mass is 19.4. The summed E-state index contributed by atoms with van der Waals surface area (Å²) in [5.74, 6) is -1.77. The SMILES string of the molecule is CCc1ccccc1[C@H]1CN(C(=O)C2CCN(C(C)=O)CC2)CC[C@@H]1C(=O)N(C)Cc1cc(C(F)(F)F)cc(C(F)(F)F)c1. The van der Waals surface area contributed by atoms with Gasteiger partial charge in [-0.3, -0.25) is 14.4 Å². The maximum absolute atomic E-state index is 13.9.